The molecule has 2 aromatic carbocycles. The number of nitrogens with one attached hydrogen (secondary N) is 1. The van der Waals surface area contributed by atoms with E-state index in [0.717, 1.165) is 42.5 Å². The standard InChI is InChI=1S/C24H33N3O/c1-3-21-10-7-8-18-27(21)19-9-17-25-24(28)20-13-15-23(16-14-20)26(2)22-11-5-4-6-12-22/h4-6,11-16,21H,3,7-10,17-19H2,1-2H3,(H,25,28)/t21-/m0/s1. The molecule has 2 aromatic rings. The molecular formula is C24H33N3O. The van der Waals surface area contributed by atoms with E-state index in [-0.39, 0.29) is 5.91 Å². The predicted octanol–water partition coefficient (Wildman–Crippen LogP) is 4.84. The molecule has 150 valence electrons. The zero-order valence-corrected chi connectivity index (χ0v) is 17.2. The average Bonchev–Trinajstić information content (AvgIpc) is 2.77. The van der Waals surface area contributed by atoms with Gasteiger partial charge in [0.1, 0.15) is 0 Å². The summed E-state index contributed by atoms with van der Waals surface area (Å²) in [6.45, 7) is 5.31. The van der Waals surface area contributed by atoms with Gasteiger partial charge in [0.25, 0.3) is 5.91 Å². The Hall–Kier alpha value is -2.33. The zero-order chi connectivity index (χ0) is 19.8. The minimum absolute atomic E-state index is 0.0135. The van der Waals surface area contributed by atoms with Crippen LogP contribution >= 0.6 is 0 Å². The van der Waals surface area contributed by atoms with Crippen LogP contribution in [0.2, 0.25) is 0 Å². The van der Waals surface area contributed by atoms with Crippen LogP contribution in [-0.4, -0.2) is 43.5 Å². The van der Waals surface area contributed by atoms with Crippen molar-refractivity contribution < 1.29 is 4.79 Å². The molecule has 0 bridgehead atoms. The number of piperidine rings is 1. The number of likely N-dealkylation sites (tertiary alicyclic amines) is 1. The van der Waals surface area contributed by atoms with Crippen molar-refractivity contribution in [2.75, 3.05) is 31.6 Å². The quantitative estimate of drug-likeness (QED) is 0.667. The third-order valence-corrected chi connectivity index (χ3v) is 5.79. The summed E-state index contributed by atoms with van der Waals surface area (Å²) in [6, 6.07) is 18.8. The second kappa shape index (κ2) is 10.3. The molecule has 1 aliphatic rings. The Morgan fingerprint density at radius 1 is 1.07 bits per heavy atom. The van der Waals surface area contributed by atoms with Crippen LogP contribution in [0.1, 0.15) is 49.4 Å². The van der Waals surface area contributed by atoms with Gasteiger partial charge in [-0.2, -0.15) is 0 Å². The predicted molar refractivity (Wildman–Crippen MR) is 117 cm³/mol. The average molecular weight is 380 g/mol. The van der Waals surface area contributed by atoms with Gasteiger partial charge in [-0.3, -0.25) is 4.79 Å². The van der Waals surface area contributed by atoms with E-state index in [1.165, 1.54) is 32.2 Å². The van der Waals surface area contributed by atoms with Gasteiger partial charge in [0, 0.05) is 43.1 Å². The number of hydrogen-bond donors (Lipinski definition) is 1. The molecule has 1 heterocycles. The van der Waals surface area contributed by atoms with Crippen molar-refractivity contribution in [3.8, 4) is 0 Å². The van der Waals surface area contributed by atoms with E-state index in [0.29, 0.717) is 0 Å². The van der Waals surface area contributed by atoms with Gasteiger partial charge in [0.05, 0.1) is 0 Å². The number of para-hydroxylation sites is 1. The van der Waals surface area contributed by atoms with Gasteiger partial charge in [0.15, 0.2) is 0 Å². The molecule has 4 nitrogen and oxygen atoms in total. The summed E-state index contributed by atoms with van der Waals surface area (Å²) in [5, 5.41) is 3.07. The lowest BCUT2D eigenvalue weighted by atomic mass is 10.00. The Morgan fingerprint density at radius 2 is 1.79 bits per heavy atom. The van der Waals surface area contributed by atoms with Crippen LogP contribution in [0, 0.1) is 0 Å². The summed E-state index contributed by atoms with van der Waals surface area (Å²) in [6.07, 6.45) is 6.24. The van der Waals surface area contributed by atoms with Gasteiger partial charge in [-0.15, -0.1) is 0 Å². The van der Waals surface area contributed by atoms with E-state index < -0.39 is 0 Å². The molecule has 0 saturated carbocycles. The van der Waals surface area contributed by atoms with E-state index in [2.05, 4.69) is 34.2 Å². The van der Waals surface area contributed by atoms with Gasteiger partial charge in [-0.25, -0.2) is 0 Å². The minimum atomic E-state index is 0.0135. The summed E-state index contributed by atoms with van der Waals surface area (Å²) >= 11 is 0. The number of anilines is 2. The second-order valence-corrected chi connectivity index (χ2v) is 7.64. The first-order valence-electron chi connectivity index (χ1n) is 10.6. The highest BCUT2D eigenvalue weighted by molar-refractivity contribution is 5.94. The zero-order valence-electron chi connectivity index (χ0n) is 17.2. The number of benzene rings is 2. The van der Waals surface area contributed by atoms with E-state index in [9.17, 15) is 4.79 Å². The normalized spacial score (nSPS) is 17.3. The maximum atomic E-state index is 12.4. The lowest BCUT2D eigenvalue weighted by molar-refractivity contribution is 0.0947. The lowest BCUT2D eigenvalue weighted by Crippen LogP contribution is -2.40. The fraction of sp³-hybridized carbons (Fsp3) is 0.458. The van der Waals surface area contributed by atoms with Crippen LogP contribution in [-0.2, 0) is 0 Å². The Balaban J connectivity index is 1.45. The first-order valence-corrected chi connectivity index (χ1v) is 10.6. The van der Waals surface area contributed by atoms with E-state index in [4.69, 9.17) is 0 Å². The smallest absolute Gasteiger partial charge is 0.251 e. The van der Waals surface area contributed by atoms with Gasteiger partial charge in [-0.05, 0) is 68.6 Å². The summed E-state index contributed by atoms with van der Waals surface area (Å²) in [7, 11) is 2.04. The fourth-order valence-electron chi connectivity index (χ4n) is 4.04. The van der Waals surface area contributed by atoms with Crippen LogP contribution in [0.15, 0.2) is 54.6 Å². The van der Waals surface area contributed by atoms with Gasteiger partial charge >= 0.3 is 0 Å². The molecule has 1 atom stereocenters. The Bertz CT molecular complexity index is 729. The molecule has 0 spiro atoms. The number of nitrogens with zero attached hydrogens (tertiary/aromatic N) is 2. The Labute approximate surface area is 169 Å². The molecule has 1 saturated heterocycles. The molecule has 28 heavy (non-hydrogen) atoms. The molecule has 4 heteroatoms. The van der Waals surface area contributed by atoms with Crippen molar-refractivity contribution in [3.05, 3.63) is 60.2 Å². The third-order valence-electron chi connectivity index (χ3n) is 5.79. The minimum Gasteiger partial charge on any atom is -0.352 e. The van der Waals surface area contributed by atoms with Crippen molar-refractivity contribution in [2.24, 2.45) is 0 Å². The highest BCUT2D eigenvalue weighted by Gasteiger charge is 2.19. The van der Waals surface area contributed by atoms with Crippen LogP contribution in [0.25, 0.3) is 0 Å². The number of carbonyl (C=O) groups excluding carboxylic acids is 1. The van der Waals surface area contributed by atoms with Gasteiger partial charge in [0.2, 0.25) is 0 Å². The fourth-order valence-corrected chi connectivity index (χ4v) is 4.04. The number of rotatable bonds is 8. The molecule has 1 aliphatic heterocycles. The lowest BCUT2D eigenvalue weighted by Gasteiger charge is -2.35. The van der Waals surface area contributed by atoms with Gasteiger partial charge < -0.3 is 15.1 Å². The molecule has 0 radical (unpaired) electrons. The van der Waals surface area contributed by atoms with Crippen molar-refractivity contribution in [1.29, 1.82) is 0 Å². The second-order valence-electron chi connectivity index (χ2n) is 7.64. The number of hydrogen-bond acceptors (Lipinski definition) is 3. The molecule has 0 unspecified atom stereocenters. The SMILES string of the molecule is CC[C@H]1CCCCN1CCCNC(=O)c1ccc(N(C)c2ccccc2)cc1. The van der Waals surface area contributed by atoms with Gasteiger partial charge in [-0.1, -0.05) is 31.5 Å². The molecule has 1 fully saturated rings. The summed E-state index contributed by atoms with van der Waals surface area (Å²) in [5.74, 6) is 0.0135. The summed E-state index contributed by atoms with van der Waals surface area (Å²) < 4.78 is 0. The van der Waals surface area contributed by atoms with Crippen LogP contribution in [0.3, 0.4) is 0 Å². The number of carbonyl (C=O) groups is 1. The van der Waals surface area contributed by atoms with Crippen LogP contribution < -0.4 is 10.2 Å². The first kappa shape index (κ1) is 20.4. The van der Waals surface area contributed by atoms with Crippen LogP contribution in [0.5, 0.6) is 0 Å². The van der Waals surface area contributed by atoms with E-state index >= 15 is 0 Å². The Morgan fingerprint density at radius 3 is 2.50 bits per heavy atom. The highest BCUT2D eigenvalue weighted by Crippen LogP contribution is 2.23. The number of amides is 1. The third kappa shape index (κ3) is 5.35. The molecule has 3 rings (SSSR count). The summed E-state index contributed by atoms with van der Waals surface area (Å²) in [5.41, 5.74) is 2.91. The molecular weight excluding hydrogens is 346 g/mol. The molecule has 0 aromatic heterocycles. The van der Waals surface area contributed by atoms with Crippen molar-refractivity contribution >= 4 is 17.3 Å². The van der Waals surface area contributed by atoms with Crippen LogP contribution in [0.4, 0.5) is 11.4 Å². The van der Waals surface area contributed by atoms with E-state index in [1.54, 1.807) is 0 Å². The molecule has 0 aliphatic carbocycles. The maximum Gasteiger partial charge on any atom is 0.251 e. The summed E-state index contributed by atoms with van der Waals surface area (Å²) in [4.78, 5) is 17.1. The topological polar surface area (TPSA) is 35.6 Å². The first-order chi connectivity index (χ1) is 13.7. The molecule has 1 N–H and O–H groups in total. The maximum absolute atomic E-state index is 12.4. The van der Waals surface area contributed by atoms with Crippen molar-refractivity contribution in [2.45, 2.75) is 45.1 Å². The largest absolute Gasteiger partial charge is 0.352 e. The highest BCUT2D eigenvalue weighted by atomic mass is 16.1. The monoisotopic (exact) mass is 379 g/mol. The van der Waals surface area contributed by atoms with E-state index in [1.807, 2.05) is 49.5 Å². The molecule has 1 amide bonds. The Kier molecular flexibility index (Phi) is 7.49. The van der Waals surface area contributed by atoms with Crippen molar-refractivity contribution in [1.82, 2.24) is 10.2 Å². The van der Waals surface area contributed by atoms with Crippen molar-refractivity contribution in [3.63, 3.8) is 0 Å².